The minimum Gasteiger partial charge on any atom is -0.481 e. The molecule has 6 heteroatoms. The monoisotopic (exact) mass is 347 g/mol. The molecular formula is C17H17NO3S2. The van der Waals surface area contributed by atoms with E-state index in [1.807, 2.05) is 29.6 Å². The van der Waals surface area contributed by atoms with Crippen LogP contribution >= 0.6 is 23.1 Å². The van der Waals surface area contributed by atoms with E-state index < -0.39 is 11.9 Å². The van der Waals surface area contributed by atoms with Crippen LogP contribution < -0.4 is 5.32 Å². The third-order valence-electron chi connectivity index (χ3n) is 3.89. The highest BCUT2D eigenvalue weighted by atomic mass is 32.2. The topological polar surface area (TPSA) is 66.4 Å². The molecule has 1 aromatic carbocycles. The molecule has 4 nitrogen and oxygen atoms in total. The van der Waals surface area contributed by atoms with Crippen LogP contribution in [-0.4, -0.2) is 29.3 Å². The number of carbonyl (C=O) groups excluding carboxylic acids is 1. The van der Waals surface area contributed by atoms with Crippen LogP contribution in [0.4, 0.5) is 0 Å². The molecule has 0 spiro atoms. The third kappa shape index (κ3) is 3.59. The summed E-state index contributed by atoms with van der Waals surface area (Å²) in [6.45, 7) is 0.106. The van der Waals surface area contributed by atoms with Crippen LogP contribution in [0, 0.1) is 0 Å². The van der Waals surface area contributed by atoms with Crippen molar-refractivity contribution in [2.45, 2.75) is 17.6 Å². The van der Waals surface area contributed by atoms with Gasteiger partial charge in [0, 0.05) is 11.4 Å². The van der Waals surface area contributed by atoms with Crippen LogP contribution in [0.1, 0.15) is 27.2 Å². The van der Waals surface area contributed by atoms with E-state index in [-0.39, 0.29) is 17.7 Å². The zero-order valence-corrected chi connectivity index (χ0v) is 14.0. The predicted molar refractivity (Wildman–Crippen MR) is 93.1 cm³/mol. The molecule has 1 aromatic heterocycles. The summed E-state index contributed by atoms with van der Waals surface area (Å²) in [4.78, 5) is 25.3. The molecule has 0 bridgehead atoms. The molecular weight excluding hydrogens is 330 g/mol. The largest absolute Gasteiger partial charge is 0.481 e. The molecule has 3 rings (SSSR count). The van der Waals surface area contributed by atoms with Gasteiger partial charge in [-0.2, -0.15) is 0 Å². The lowest BCUT2D eigenvalue weighted by Gasteiger charge is -2.22. The van der Waals surface area contributed by atoms with E-state index in [0.29, 0.717) is 5.56 Å². The summed E-state index contributed by atoms with van der Waals surface area (Å²) >= 11 is 3.31. The van der Waals surface area contributed by atoms with Gasteiger partial charge < -0.3 is 10.4 Å². The van der Waals surface area contributed by atoms with E-state index in [1.165, 1.54) is 4.88 Å². The first-order chi connectivity index (χ1) is 11.2. The van der Waals surface area contributed by atoms with Gasteiger partial charge in [0.05, 0.1) is 5.92 Å². The van der Waals surface area contributed by atoms with E-state index in [4.69, 9.17) is 0 Å². The van der Waals surface area contributed by atoms with E-state index >= 15 is 0 Å². The maximum atomic E-state index is 12.5. The summed E-state index contributed by atoms with van der Waals surface area (Å²) in [7, 11) is 0. The van der Waals surface area contributed by atoms with E-state index in [1.54, 1.807) is 35.2 Å². The van der Waals surface area contributed by atoms with Crippen molar-refractivity contribution in [3.8, 4) is 0 Å². The average Bonchev–Trinajstić information content (AvgIpc) is 3.04. The second-order valence-corrected chi connectivity index (χ2v) is 7.56. The normalized spacial score (nSPS) is 18.0. The maximum absolute atomic E-state index is 12.5. The summed E-state index contributed by atoms with van der Waals surface area (Å²) in [6, 6.07) is 11.0. The highest BCUT2D eigenvalue weighted by Crippen LogP contribution is 2.39. The molecule has 23 heavy (non-hydrogen) atoms. The highest BCUT2D eigenvalue weighted by Gasteiger charge is 2.29. The third-order valence-corrected chi connectivity index (χ3v) is 6.13. The Morgan fingerprint density at radius 2 is 2.04 bits per heavy atom. The number of nitrogens with one attached hydrogen (secondary N) is 1. The molecule has 2 atom stereocenters. The molecule has 0 saturated heterocycles. The fourth-order valence-electron chi connectivity index (χ4n) is 2.69. The van der Waals surface area contributed by atoms with Crippen LogP contribution in [0.5, 0.6) is 0 Å². The van der Waals surface area contributed by atoms with Crippen molar-refractivity contribution in [1.82, 2.24) is 5.32 Å². The van der Waals surface area contributed by atoms with Crippen molar-refractivity contribution in [3.63, 3.8) is 0 Å². The van der Waals surface area contributed by atoms with E-state index in [2.05, 4.69) is 5.32 Å². The van der Waals surface area contributed by atoms with Crippen LogP contribution in [0.15, 0.2) is 41.8 Å². The van der Waals surface area contributed by atoms with Crippen LogP contribution in [0.3, 0.4) is 0 Å². The Balaban J connectivity index is 1.68. The summed E-state index contributed by atoms with van der Waals surface area (Å²) in [6.07, 6.45) is 1.00. The average molecular weight is 347 g/mol. The number of carbonyl (C=O) groups is 2. The van der Waals surface area contributed by atoms with Crippen molar-refractivity contribution in [3.05, 3.63) is 57.8 Å². The zero-order valence-electron chi connectivity index (χ0n) is 12.4. The van der Waals surface area contributed by atoms with Crippen molar-refractivity contribution < 1.29 is 14.7 Å². The molecule has 0 aliphatic carbocycles. The van der Waals surface area contributed by atoms with Crippen molar-refractivity contribution >= 4 is 35.0 Å². The number of thioether (sulfide) groups is 1. The number of carboxylic acid groups (broad SMARTS) is 1. The van der Waals surface area contributed by atoms with Gasteiger partial charge in [0.25, 0.3) is 0 Å². The minimum atomic E-state index is -0.927. The van der Waals surface area contributed by atoms with Crippen molar-refractivity contribution in [2.75, 3.05) is 12.3 Å². The summed E-state index contributed by atoms with van der Waals surface area (Å²) in [5.41, 5.74) is 1.78. The molecule has 1 amide bonds. The predicted octanol–water partition coefficient (Wildman–Crippen LogP) is 3.06. The molecule has 0 saturated carbocycles. The molecule has 2 aromatic rings. The first-order valence-corrected chi connectivity index (χ1v) is 9.33. The van der Waals surface area contributed by atoms with Gasteiger partial charge in [0.2, 0.25) is 5.91 Å². The van der Waals surface area contributed by atoms with Gasteiger partial charge in [-0.1, -0.05) is 30.3 Å². The molecule has 120 valence electrons. The second-order valence-electron chi connectivity index (χ2n) is 5.35. The van der Waals surface area contributed by atoms with Gasteiger partial charge >= 0.3 is 5.97 Å². The van der Waals surface area contributed by atoms with Crippen LogP contribution in [0.2, 0.25) is 0 Å². The lowest BCUT2D eigenvalue weighted by atomic mass is 9.99. The number of thiophene rings is 1. The van der Waals surface area contributed by atoms with Crippen molar-refractivity contribution in [2.24, 2.45) is 0 Å². The lowest BCUT2D eigenvalue weighted by molar-refractivity contribution is -0.138. The summed E-state index contributed by atoms with van der Waals surface area (Å²) in [5, 5.41) is 14.0. The number of hydrogen-bond acceptors (Lipinski definition) is 4. The number of benzene rings is 1. The molecule has 2 heterocycles. The number of aliphatic carboxylic acids is 1. The number of amides is 1. The Hall–Kier alpha value is -1.79. The quantitative estimate of drug-likeness (QED) is 0.872. The highest BCUT2D eigenvalue weighted by molar-refractivity contribution is 8.00. The molecule has 0 fully saturated rings. The van der Waals surface area contributed by atoms with Crippen LogP contribution in [-0.2, 0) is 16.0 Å². The summed E-state index contributed by atoms with van der Waals surface area (Å²) < 4.78 is 0. The number of rotatable bonds is 5. The Bertz CT molecular complexity index is 699. The van der Waals surface area contributed by atoms with Gasteiger partial charge in [-0.3, -0.25) is 9.59 Å². The second kappa shape index (κ2) is 7.19. The fraction of sp³-hybridized carbons (Fsp3) is 0.294. The molecule has 1 aliphatic rings. The Morgan fingerprint density at radius 1 is 1.26 bits per heavy atom. The number of hydrogen-bond donors (Lipinski definition) is 2. The number of aryl methyl sites for hydroxylation is 1. The minimum absolute atomic E-state index is 0.100. The fourth-order valence-corrected chi connectivity index (χ4v) is 5.01. The Morgan fingerprint density at radius 3 is 2.78 bits per heavy atom. The zero-order chi connectivity index (χ0) is 16.2. The SMILES string of the molecule is O=C(O)C(CNC(=O)C1SCCc2sccc21)c1ccccc1. The van der Waals surface area contributed by atoms with Gasteiger partial charge in [0.1, 0.15) is 5.25 Å². The Kier molecular flexibility index (Phi) is 5.03. The summed E-state index contributed by atoms with van der Waals surface area (Å²) in [5.74, 6) is -0.830. The number of carboxylic acids is 1. The lowest BCUT2D eigenvalue weighted by Crippen LogP contribution is -2.35. The maximum Gasteiger partial charge on any atom is 0.312 e. The first-order valence-electron chi connectivity index (χ1n) is 7.40. The van der Waals surface area contributed by atoms with E-state index in [0.717, 1.165) is 17.7 Å². The molecule has 2 unspecified atom stereocenters. The molecule has 2 N–H and O–H groups in total. The van der Waals surface area contributed by atoms with Gasteiger partial charge in [-0.05, 0) is 34.7 Å². The van der Waals surface area contributed by atoms with Gasteiger partial charge in [0.15, 0.2) is 0 Å². The van der Waals surface area contributed by atoms with Gasteiger partial charge in [-0.25, -0.2) is 0 Å². The van der Waals surface area contributed by atoms with Crippen molar-refractivity contribution in [1.29, 1.82) is 0 Å². The molecule has 0 radical (unpaired) electrons. The Labute approximate surface area is 142 Å². The molecule has 1 aliphatic heterocycles. The standard InChI is InChI=1S/C17H17NO3S2/c19-16(15-12-6-8-22-14(12)7-9-23-15)18-10-13(17(20)21)11-4-2-1-3-5-11/h1-6,8,13,15H,7,9-10H2,(H,18,19)(H,20,21). The first kappa shape index (κ1) is 16.1. The smallest absolute Gasteiger partial charge is 0.312 e. The van der Waals surface area contributed by atoms with Crippen LogP contribution in [0.25, 0.3) is 0 Å². The van der Waals surface area contributed by atoms with Gasteiger partial charge in [-0.15, -0.1) is 23.1 Å². The number of fused-ring (bicyclic) bond motifs is 1. The van der Waals surface area contributed by atoms with E-state index in [9.17, 15) is 14.7 Å².